The molecule has 0 aliphatic carbocycles. The largest absolute Gasteiger partial charge is 0.503 e. The van der Waals surface area contributed by atoms with Crippen molar-refractivity contribution >= 4 is 11.6 Å². The number of ether oxygens (including phenoxy) is 1. The molecule has 0 saturated heterocycles. The summed E-state index contributed by atoms with van der Waals surface area (Å²) < 4.78 is 55.6. The Morgan fingerprint density at radius 1 is 2.08 bits per heavy atom. The lowest BCUT2D eigenvalue weighted by atomic mass is 10.4. The van der Waals surface area contributed by atoms with Crippen LogP contribution in [0.15, 0.2) is 12.2 Å². The molecule has 0 radical (unpaired) electrons. The van der Waals surface area contributed by atoms with Gasteiger partial charge in [-0.05, 0) is 13.8 Å². The van der Waals surface area contributed by atoms with E-state index in [2.05, 4.69) is 10.1 Å². The monoisotopic (exact) mass is 194 g/mol. The van der Waals surface area contributed by atoms with Crippen molar-refractivity contribution in [2.45, 2.75) is 19.9 Å². The van der Waals surface area contributed by atoms with E-state index in [-0.39, 0.29) is 5.02 Å². The summed E-state index contributed by atoms with van der Waals surface area (Å²) in [5, 5.41) is 3.75. The first-order valence-corrected chi connectivity index (χ1v) is 3.38. The molecule has 4 heteroatoms. The Bertz CT molecular complexity index is 491. The van der Waals surface area contributed by atoms with Crippen LogP contribution in [0, 0.1) is 0 Å². The third kappa shape index (κ3) is 2.27. The highest BCUT2D eigenvalue weighted by molar-refractivity contribution is 6.30. The van der Waals surface area contributed by atoms with Crippen LogP contribution in [0.4, 0.5) is 0 Å². The van der Waals surface area contributed by atoms with E-state index in [9.17, 15) is 0 Å². The van der Waals surface area contributed by atoms with Crippen LogP contribution >= 0.6 is 11.6 Å². The number of hydrogen-bond donors (Lipinski definition) is 1. The van der Waals surface area contributed by atoms with Gasteiger partial charge in [-0.1, -0.05) is 11.6 Å². The van der Waals surface area contributed by atoms with Gasteiger partial charge in [-0.25, -0.2) is 4.98 Å². The lowest BCUT2D eigenvalue weighted by molar-refractivity contribution is 0.221. The van der Waals surface area contributed by atoms with Gasteiger partial charge in [0.15, 0.2) is 5.75 Å². The first-order valence-electron chi connectivity index (χ1n) is 6.41. The van der Waals surface area contributed by atoms with Gasteiger partial charge in [-0.2, -0.15) is 0 Å². The second-order valence-corrected chi connectivity index (χ2v) is 2.33. The van der Waals surface area contributed by atoms with Crippen molar-refractivity contribution in [2.24, 2.45) is 0 Å². The molecule has 1 aromatic rings. The molecule has 66 valence electrons. The van der Waals surface area contributed by atoms with Crippen molar-refractivity contribution in [2.75, 3.05) is 0 Å². The molecule has 0 aliphatic heterocycles. The molecule has 1 unspecified atom stereocenters. The number of aromatic nitrogens is 1. The lowest BCUT2D eigenvalue weighted by Gasteiger charge is -2.09. The van der Waals surface area contributed by atoms with Crippen LogP contribution in [0.5, 0.6) is 11.6 Å². The zero-order valence-electron chi connectivity index (χ0n) is 13.1. The molecule has 1 heterocycles. The lowest BCUT2D eigenvalue weighted by Crippen LogP contribution is -2.06. The molecule has 0 amide bonds. The Kier molecular flexibility index (Phi) is 1.03. The van der Waals surface area contributed by atoms with Gasteiger partial charge in [0.25, 0.3) is 7.31 Å². The second kappa shape index (κ2) is 3.63. The number of aromatic hydroxyl groups is 1. The van der Waals surface area contributed by atoms with Crippen molar-refractivity contribution in [1.29, 1.82) is 1.43 Å². The standard InChI is InChI=1S/C8H10ClNO2/c1-5(2)12-8-7(11)3-6(9)4-10-8/h3-5,11H,1-2H3/i1D3,3D,4D,5D/hD. The fourth-order valence-electron chi connectivity index (χ4n) is 0.546. The second-order valence-electron chi connectivity index (χ2n) is 1.96. The maximum absolute atomic E-state index is 7.58. The molecule has 12 heavy (non-hydrogen) atoms. The molecular formula is C8H10ClNO2. The minimum atomic E-state index is -2.79. The van der Waals surface area contributed by atoms with Crippen LogP contribution in [0.3, 0.4) is 0 Å². The van der Waals surface area contributed by atoms with Gasteiger partial charge in [0.2, 0.25) is 0 Å². The fourth-order valence-corrected chi connectivity index (χ4v) is 0.674. The quantitative estimate of drug-likeness (QED) is 0.803. The Balaban J connectivity index is 3.29. The normalized spacial score (nSPS) is 24.3. The van der Waals surface area contributed by atoms with E-state index >= 15 is 0 Å². The van der Waals surface area contributed by atoms with Crippen molar-refractivity contribution < 1.29 is 18.1 Å². The van der Waals surface area contributed by atoms with E-state index in [0.717, 1.165) is 6.92 Å². The Morgan fingerprint density at radius 3 is 3.58 bits per heavy atom. The molecular weight excluding hydrogens is 178 g/mol. The average molecular weight is 195 g/mol. The predicted octanol–water partition coefficient (Wildman–Crippen LogP) is 2.23. The molecule has 3 nitrogen and oxygen atoms in total. The van der Waals surface area contributed by atoms with E-state index in [4.69, 9.17) is 26.0 Å². The highest BCUT2D eigenvalue weighted by Gasteiger charge is 2.05. The number of hydrogen-bond acceptors (Lipinski definition) is 3. The minimum Gasteiger partial charge on any atom is -0.503 e. The molecule has 0 aliphatic rings. The topological polar surface area (TPSA) is 42.4 Å². The van der Waals surface area contributed by atoms with Crippen LogP contribution in [0.2, 0.25) is 5.02 Å². The number of nitrogens with zero attached hydrogens (tertiary/aromatic N) is 1. The summed E-state index contributed by atoms with van der Waals surface area (Å²) in [5.41, 5.74) is 0. The summed E-state index contributed by atoms with van der Waals surface area (Å²) in [7, 11) is 0. The maximum atomic E-state index is 7.58. The van der Waals surface area contributed by atoms with Gasteiger partial charge in [0, 0.05) is 16.3 Å². The molecule has 0 fully saturated rings. The molecule has 0 saturated carbocycles. The van der Waals surface area contributed by atoms with Crippen LogP contribution in [0.1, 0.15) is 22.0 Å². The van der Waals surface area contributed by atoms with E-state index in [1.54, 1.807) is 0 Å². The first-order chi connectivity index (χ1) is 8.51. The summed E-state index contributed by atoms with van der Waals surface area (Å²) in [6.45, 7) is -1.82. The first kappa shape index (κ1) is 3.42. The molecule has 1 rings (SSSR count). The van der Waals surface area contributed by atoms with E-state index in [1.807, 2.05) is 0 Å². The number of halogens is 1. The smallest absolute Gasteiger partial charge is 0.293 e. The predicted molar refractivity (Wildman–Crippen MR) is 46.7 cm³/mol. The number of pyridine rings is 1. The summed E-state index contributed by atoms with van der Waals surface area (Å²) in [4.78, 5) is 3.48. The Morgan fingerprint density at radius 2 is 2.92 bits per heavy atom. The van der Waals surface area contributed by atoms with Gasteiger partial charge in [-0.15, -0.1) is 0 Å². The number of rotatable bonds is 3. The minimum absolute atomic E-state index is 0.366. The van der Waals surface area contributed by atoms with Gasteiger partial charge in [-0.3, -0.25) is 0 Å². The molecule has 0 spiro atoms. The van der Waals surface area contributed by atoms with Crippen molar-refractivity contribution in [3.63, 3.8) is 0 Å². The SMILES string of the molecule is [2H]Oc1c(OC([2H])(C)C([2H])([2H])[2H])nc([2H])c(Cl)c1[2H]. The van der Waals surface area contributed by atoms with E-state index in [1.165, 1.54) is 0 Å². The summed E-state index contributed by atoms with van der Waals surface area (Å²) in [6.07, 6.45) is -2.91. The molecule has 0 aromatic carbocycles. The summed E-state index contributed by atoms with van der Waals surface area (Å²) in [5.74, 6) is -1.16. The van der Waals surface area contributed by atoms with Gasteiger partial charge < -0.3 is 9.85 Å². The third-order valence-corrected chi connectivity index (χ3v) is 1.10. The molecule has 1 aromatic heterocycles. The zero-order valence-corrected chi connectivity index (χ0v) is 6.90. The van der Waals surface area contributed by atoms with Gasteiger partial charge in [0.1, 0.15) is 0 Å². The van der Waals surface area contributed by atoms with Crippen LogP contribution in [0.25, 0.3) is 0 Å². The maximum Gasteiger partial charge on any atom is 0.293 e. The fraction of sp³-hybridized carbons (Fsp3) is 0.375. The molecule has 1 N–H and O–H groups in total. The third-order valence-electron chi connectivity index (χ3n) is 0.923. The van der Waals surface area contributed by atoms with Crippen LogP contribution in [-0.2, 0) is 0 Å². The summed E-state index contributed by atoms with van der Waals surface area (Å²) >= 11 is 5.58. The van der Waals surface area contributed by atoms with Gasteiger partial charge >= 0.3 is 0 Å². The summed E-state index contributed by atoms with van der Waals surface area (Å²) in [6, 6.07) is -0.534. The van der Waals surface area contributed by atoms with Crippen molar-refractivity contribution in [1.82, 2.24) is 4.98 Å². The van der Waals surface area contributed by atoms with Crippen molar-refractivity contribution in [3.05, 3.63) is 17.2 Å². The Labute approximate surface area is 85.9 Å². The highest BCUT2D eigenvalue weighted by Crippen LogP contribution is 2.26. The molecule has 1 atom stereocenters. The van der Waals surface area contributed by atoms with Gasteiger partial charge in [0.05, 0.1) is 15.2 Å². The van der Waals surface area contributed by atoms with E-state index in [0.29, 0.717) is 0 Å². The van der Waals surface area contributed by atoms with E-state index < -0.39 is 36.8 Å². The van der Waals surface area contributed by atoms with Crippen molar-refractivity contribution in [3.8, 4) is 11.6 Å². The van der Waals surface area contributed by atoms with Crippen LogP contribution in [-0.4, -0.2) is 17.6 Å². The highest BCUT2D eigenvalue weighted by atomic mass is 35.5. The Hall–Kier alpha value is -0.960. The molecule has 0 bridgehead atoms. The van der Waals surface area contributed by atoms with Crippen LogP contribution < -0.4 is 4.74 Å². The zero-order chi connectivity index (χ0) is 15.0. The average Bonchev–Trinajstić information content (AvgIpc) is 2.24.